The third kappa shape index (κ3) is 6.30. The zero-order valence-electron chi connectivity index (χ0n) is 38.1. The minimum atomic E-state index is -5.63. The number of aryl methyl sites for hydroxylation is 6. The first-order chi connectivity index (χ1) is 30.6. The number of ether oxygens (including phenoxy) is 2. The maximum atomic E-state index is 9.20. The summed E-state index contributed by atoms with van der Waals surface area (Å²) < 4.78 is 24.5. The van der Waals surface area contributed by atoms with Crippen LogP contribution in [0, 0.1) is 41.5 Å². The van der Waals surface area contributed by atoms with Gasteiger partial charge in [0.25, 0.3) is 0 Å². The molecule has 0 saturated heterocycles. The molecule has 2 aliphatic carbocycles. The summed E-state index contributed by atoms with van der Waals surface area (Å²) >= 11 is -5.63. The molecule has 0 bridgehead atoms. The van der Waals surface area contributed by atoms with Crippen molar-refractivity contribution in [2.24, 2.45) is 0 Å². The molecule has 0 saturated carbocycles. The van der Waals surface area contributed by atoms with Gasteiger partial charge in [-0.1, -0.05) is 0 Å². The molecule has 4 nitrogen and oxygen atoms in total. The van der Waals surface area contributed by atoms with E-state index in [0.29, 0.717) is 0 Å². The summed E-state index contributed by atoms with van der Waals surface area (Å²) in [6.45, 7) is 17.6. The van der Waals surface area contributed by atoms with Crippen molar-refractivity contribution in [2.75, 3.05) is 14.2 Å². The van der Waals surface area contributed by atoms with Crippen LogP contribution in [0.3, 0.4) is 0 Å². The fraction of sp³-hybridized carbons (Fsp3) is 0.214. The molecule has 2 atom stereocenters. The predicted octanol–water partition coefficient (Wildman–Crippen LogP) is 16.5. The van der Waals surface area contributed by atoms with E-state index in [1.165, 1.54) is 22.3 Å². The average molecular weight is 979 g/mol. The Morgan fingerprint density at radius 3 is 1.25 bits per heavy atom. The Labute approximate surface area is 384 Å². The Hall–Kier alpha value is -4.84. The summed E-state index contributed by atoms with van der Waals surface area (Å²) in [5.74, 6) is 3.47. The summed E-state index contributed by atoms with van der Waals surface area (Å²) in [5, 5.41) is 4.19. The van der Waals surface area contributed by atoms with Gasteiger partial charge in [0.2, 0.25) is 0 Å². The van der Waals surface area contributed by atoms with E-state index in [2.05, 4.69) is 164 Å². The van der Waals surface area contributed by atoms with Crippen molar-refractivity contribution < 1.29 is 33.3 Å². The molecular formula is C56H52Cl2O4SiZr. The average Bonchev–Trinajstić information content (AvgIpc) is 4.06. The molecule has 0 radical (unpaired) electrons. The normalized spacial score (nSPS) is 16.0. The van der Waals surface area contributed by atoms with Crippen molar-refractivity contribution >= 4 is 67.3 Å². The predicted molar refractivity (Wildman–Crippen MR) is 268 cm³/mol. The van der Waals surface area contributed by atoms with Gasteiger partial charge in [-0.15, -0.1) is 0 Å². The summed E-state index contributed by atoms with van der Waals surface area (Å²) in [5.41, 5.74) is 16.5. The van der Waals surface area contributed by atoms with E-state index in [0.717, 1.165) is 111 Å². The molecule has 0 fully saturated rings. The number of furan rings is 2. The molecule has 10 rings (SSSR count). The fourth-order valence-corrected chi connectivity index (χ4v) is 39.1. The molecule has 2 unspecified atom stereocenters. The SMILES string of the molecule is COc1c(C)cc(-c2c(C)ccc3c2C=C(c2occ4ccccc24)[CH]3[Zr]([Cl])([Cl])([CH]2C(c3occ4ccccc34)=Cc3c2ccc(C)c3-c2cc(C)c(OC)c(C)c2)=[Si](C)C)cc1C. The van der Waals surface area contributed by atoms with Crippen molar-refractivity contribution in [3.05, 3.63) is 177 Å². The summed E-state index contributed by atoms with van der Waals surface area (Å²) in [4.78, 5) is 0. The molecule has 0 amide bonds. The number of methoxy groups -OCH3 is 2. The van der Waals surface area contributed by atoms with Crippen LogP contribution in [0.4, 0.5) is 0 Å². The minimum absolute atomic E-state index is 0.325. The Kier molecular flexibility index (Phi) is 10.5. The van der Waals surface area contributed by atoms with Gasteiger partial charge in [0.15, 0.2) is 0 Å². The van der Waals surface area contributed by atoms with Crippen LogP contribution in [0.1, 0.15) is 74.4 Å². The van der Waals surface area contributed by atoms with Gasteiger partial charge in [-0.3, -0.25) is 0 Å². The molecule has 2 aliphatic rings. The number of fused-ring (bicyclic) bond motifs is 4. The number of rotatable bonds is 8. The monoisotopic (exact) mass is 976 g/mol. The maximum absolute atomic E-state index is 9.20. The van der Waals surface area contributed by atoms with Gasteiger partial charge in [-0.25, -0.2) is 0 Å². The van der Waals surface area contributed by atoms with E-state index in [1.807, 2.05) is 12.5 Å². The number of hydrogen-bond donors (Lipinski definition) is 0. The van der Waals surface area contributed by atoms with Crippen molar-refractivity contribution in [2.45, 2.75) is 61.9 Å². The van der Waals surface area contributed by atoms with E-state index in [-0.39, 0.29) is 7.25 Å². The molecular weight excluding hydrogens is 927 g/mol. The topological polar surface area (TPSA) is 44.7 Å². The van der Waals surface area contributed by atoms with Crippen molar-refractivity contribution in [3.63, 3.8) is 0 Å². The first kappa shape index (κ1) is 43.1. The second-order valence-corrected chi connectivity index (χ2v) is 57.1. The van der Waals surface area contributed by atoms with Crippen LogP contribution in [0.25, 0.3) is 67.1 Å². The van der Waals surface area contributed by atoms with E-state index < -0.39 is 20.4 Å². The van der Waals surface area contributed by atoms with Gasteiger partial charge >= 0.3 is 387 Å². The zero-order chi connectivity index (χ0) is 45.0. The van der Waals surface area contributed by atoms with E-state index >= 15 is 0 Å². The molecule has 6 aromatic carbocycles. The molecule has 0 N–H and O–H groups in total. The first-order valence-electron chi connectivity index (χ1n) is 22.0. The van der Waals surface area contributed by atoms with Crippen LogP contribution in [0.2, 0.25) is 13.1 Å². The first-order valence-corrected chi connectivity index (χ1v) is 37.3. The van der Waals surface area contributed by atoms with Crippen LogP contribution in [0.5, 0.6) is 11.5 Å². The third-order valence-corrected chi connectivity index (χ3v) is 60.5. The molecule has 322 valence electrons. The third-order valence-electron chi connectivity index (χ3n) is 14.3. The van der Waals surface area contributed by atoms with Crippen LogP contribution in [-0.4, -0.2) is 19.7 Å². The van der Waals surface area contributed by atoms with Crippen molar-refractivity contribution in [3.8, 4) is 33.8 Å². The molecule has 2 aromatic heterocycles. The van der Waals surface area contributed by atoms with Gasteiger partial charge < -0.3 is 0 Å². The quantitative estimate of drug-likeness (QED) is 0.142. The Morgan fingerprint density at radius 2 is 0.891 bits per heavy atom. The van der Waals surface area contributed by atoms with Gasteiger partial charge in [-0.05, 0) is 0 Å². The Bertz CT molecular complexity index is 3160. The standard InChI is InChI=1S/2C27H23O2.C2H6Si.2ClH.Zr/c2*1-16-9-10-19-13-22(27-23-8-6-5-7-20(23)15-29-27)14-24(19)25(16)21-11-17(2)26(28-4)18(3)12-21;1-3-2;;;/h2*5-15H,1-4H3;1-2H3;2*1H;/q;;;;;+2/p-2. The van der Waals surface area contributed by atoms with Gasteiger partial charge in [-0.2, -0.15) is 0 Å². The fourth-order valence-electron chi connectivity index (χ4n) is 11.4. The second-order valence-electron chi connectivity index (χ2n) is 18.3. The van der Waals surface area contributed by atoms with Crippen LogP contribution in [-0.2, 0) is 15.0 Å². The van der Waals surface area contributed by atoms with Crippen molar-refractivity contribution in [1.29, 1.82) is 0 Å². The molecule has 2 heterocycles. The summed E-state index contributed by atoms with van der Waals surface area (Å²) in [6.07, 6.45) is 8.50. The van der Waals surface area contributed by atoms with Crippen LogP contribution < -0.4 is 9.47 Å². The molecule has 64 heavy (non-hydrogen) atoms. The van der Waals surface area contributed by atoms with Gasteiger partial charge in [0.05, 0.1) is 0 Å². The second kappa shape index (κ2) is 15.7. The van der Waals surface area contributed by atoms with Crippen LogP contribution in [0.15, 0.2) is 118 Å². The number of allylic oxidation sites excluding steroid dienone is 2. The summed E-state index contributed by atoms with van der Waals surface area (Å²) in [7, 11) is 21.9. The van der Waals surface area contributed by atoms with E-state index in [1.54, 1.807) is 14.2 Å². The van der Waals surface area contributed by atoms with Crippen LogP contribution >= 0.6 is 17.0 Å². The van der Waals surface area contributed by atoms with Crippen molar-refractivity contribution in [1.82, 2.24) is 0 Å². The Morgan fingerprint density at radius 1 is 0.516 bits per heavy atom. The Balaban J connectivity index is 1.31. The van der Waals surface area contributed by atoms with Gasteiger partial charge in [0, 0.05) is 0 Å². The molecule has 0 spiro atoms. The molecule has 8 heteroatoms. The van der Waals surface area contributed by atoms with Gasteiger partial charge in [0.1, 0.15) is 0 Å². The number of halogens is 2. The number of benzene rings is 6. The molecule has 0 aliphatic heterocycles. The summed E-state index contributed by atoms with van der Waals surface area (Å²) in [6, 6.07) is 35.0. The van der Waals surface area contributed by atoms with E-state index in [9.17, 15) is 17.0 Å². The zero-order valence-corrected chi connectivity index (χ0v) is 43.1. The van der Waals surface area contributed by atoms with E-state index in [4.69, 9.17) is 18.3 Å². The number of hydrogen-bond acceptors (Lipinski definition) is 4. The molecule has 8 aromatic rings.